The summed E-state index contributed by atoms with van der Waals surface area (Å²) in [5, 5.41) is 19.9. The number of hydrogen-bond acceptors (Lipinski definition) is 2. The van der Waals surface area contributed by atoms with E-state index < -0.39 is 5.97 Å². The van der Waals surface area contributed by atoms with Gasteiger partial charge >= 0.3 is 5.97 Å². The van der Waals surface area contributed by atoms with E-state index in [2.05, 4.69) is 0 Å². The lowest BCUT2D eigenvalue weighted by molar-refractivity contribution is 0.0695. The summed E-state index contributed by atoms with van der Waals surface area (Å²) in [4.78, 5) is 11.6. The first-order valence-corrected chi connectivity index (χ1v) is 7.80. The molecule has 3 rings (SSSR count). The summed E-state index contributed by atoms with van der Waals surface area (Å²) in [6, 6.07) is 22.4. The van der Waals surface area contributed by atoms with Gasteiger partial charge in [0, 0.05) is 12.0 Å². The van der Waals surface area contributed by atoms with Gasteiger partial charge in [-0.05, 0) is 35.2 Å². The molecule has 0 aliphatic rings. The number of carboxylic acids is 1. The molecular formula is C21H18O3. The number of hydrogen-bond donors (Lipinski definition) is 2. The Morgan fingerprint density at radius 3 is 1.71 bits per heavy atom. The quantitative estimate of drug-likeness (QED) is 0.738. The lowest BCUT2D eigenvalue weighted by atomic mass is 9.90. The van der Waals surface area contributed by atoms with Crippen LogP contribution in [0.5, 0.6) is 5.75 Å². The van der Waals surface area contributed by atoms with Crippen LogP contribution in [0.1, 0.15) is 32.6 Å². The van der Waals surface area contributed by atoms with Crippen molar-refractivity contribution in [1.82, 2.24) is 0 Å². The van der Waals surface area contributed by atoms with Crippen LogP contribution in [0.4, 0.5) is 0 Å². The van der Waals surface area contributed by atoms with Gasteiger partial charge in [-0.15, -0.1) is 0 Å². The monoisotopic (exact) mass is 318 g/mol. The highest BCUT2D eigenvalue weighted by Gasteiger charge is 2.18. The molecular weight excluding hydrogens is 300 g/mol. The molecule has 3 aromatic rings. The molecule has 120 valence electrons. The molecule has 0 fully saturated rings. The van der Waals surface area contributed by atoms with Gasteiger partial charge in [0.1, 0.15) is 5.75 Å². The van der Waals surface area contributed by atoms with Gasteiger partial charge in [0.25, 0.3) is 0 Å². The fourth-order valence-electron chi connectivity index (χ4n) is 2.88. The van der Waals surface area contributed by atoms with Crippen molar-refractivity contribution in [2.24, 2.45) is 0 Å². The zero-order valence-corrected chi connectivity index (χ0v) is 13.1. The first kappa shape index (κ1) is 15.8. The molecule has 0 radical (unpaired) electrons. The summed E-state index contributed by atoms with van der Waals surface area (Å²) in [5.74, 6) is -0.843. The Morgan fingerprint density at radius 2 is 1.21 bits per heavy atom. The average molecular weight is 318 g/mol. The van der Waals surface area contributed by atoms with Crippen LogP contribution in [0.25, 0.3) is 0 Å². The van der Waals surface area contributed by atoms with E-state index in [4.69, 9.17) is 0 Å². The normalized spacial score (nSPS) is 10.5. The van der Waals surface area contributed by atoms with Crippen LogP contribution in [-0.4, -0.2) is 16.2 Å². The SMILES string of the molecule is O=C(O)c1ccc(O)c(Cc2ccccc2)c1Cc1ccccc1. The molecule has 0 saturated carbocycles. The second kappa shape index (κ2) is 7.01. The molecule has 0 saturated heterocycles. The second-order valence-corrected chi connectivity index (χ2v) is 5.72. The lowest BCUT2D eigenvalue weighted by Crippen LogP contribution is -2.08. The maximum Gasteiger partial charge on any atom is 0.335 e. The number of phenols is 1. The average Bonchev–Trinajstić information content (AvgIpc) is 2.59. The zero-order chi connectivity index (χ0) is 16.9. The Morgan fingerprint density at radius 1 is 0.708 bits per heavy atom. The molecule has 0 aliphatic carbocycles. The maximum absolute atomic E-state index is 11.6. The van der Waals surface area contributed by atoms with Crippen molar-refractivity contribution < 1.29 is 15.0 Å². The van der Waals surface area contributed by atoms with Gasteiger partial charge < -0.3 is 10.2 Å². The smallest absolute Gasteiger partial charge is 0.335 e. The van der Waals surface area contributed by atoms with Crippen LogP contribution in [0.3, 0.4) is 0 Å². The molecule has 2 N–H and O–H groups in total. The lowest BCUT2D eigenvalue weighted by Gasteiger charge is -2.15. The van der Waals surface area contributed by atoms with E-state index in [1.54, 1.807) is 0 Å². The third kappa shape index (κ3) is 3.46. The van der Waals surface area contributed by atoms with Gasteiger partial charge in [-0.2, -0.15) is 0 Å². The van der Waals surface area contributed by atoms with Crippen LogP contribution in [0.2, 0.25) is 0 Å². The summed E-state index contributed by atoms with van der Waals surface area (Å²) in [6.45, 7) is 0. The first-order valence-electron chi connectivity index (χ1n) is 7.80. The molecule has 0 aliphatic heterocycles. The van der Waals surface area contributed by atoms with Gasteiger partial charge in [0.05, 0.1) is 5.56 Å². The van der Waals surface area contributed by atoms with E-state index in [1.807, 2.05) is 60.7 Å². The molecule has 3 aromatic carbocycles. The fourth-order valence-corrected chi connectivity index (χ4v) is 2.88. The molecule has 0 bridgehead atoms. The highest BCUT2D eigenvalue weighted by atomic mass is 16.4. The van der Waals surface area contributed by atoms with E-state index in [0.29, 0.717) is 24.0 Å². The Labute approximate surface area is 140 Å². The van der Waals surface area contributed by atoms with Crippen molar-refractivity contribution in [3.63, 3.8) is 0 Å². The third-order valence-electron chi connectivity index (χ3n) is 4.08. The summed E-state index contributed by atoms with van der Waals surface area (Å²) in [5.41, 5.74) is 3.62. The Kier molecular flexibility index (Phi) is 4.62. The summed E-state index contributed by atoms with van der Waals surface area (Å²) in [6.07, 6.45) is 0.967. The van der Waals surface area contributed by atoms with E-state index >= 15 is 0 Å². The zero-order valence-electron chi connectivity index (χ0n) is 13.1. The Hall–Kier alpha value is -3.07. The van der Waals surface area contributed by atoms with Crippen molar-refractivity contribution in [2.75, 3.05) is 0 Å². The van der Waals surface area contributed by atoms with Crippen LogP contribution in [0.15, 0.2) is 72.8 Å². The van der Waals surface area contributed by atoms with Gasteiger partial charge in [0.2, 0.25) is 0 Å². The van der Waals surface area contributed by atoms with E-state index in [0.717, 1.165) is 11.1 Å². The highest BCUT2D eigenvalue weighted by Crippen LogP contribution is 2.29. The minimum atomic E-state index is -0.977. The first-order chi connectivity index (χ1) is 11.6. The molecule has 0 aromatic heterocycles. The third-order valence-corrected chi connectivity index (χ3v) is 4.08. The summed E-state index contributed by atoms with van der Waals surface area (Å²) < 4.78 is 0. The maximum atomic E-state index is 11.6. The van der Waals surface area contributed by atoms with Crippen molar-refractivity contribution in [2.45, 2.75) is 12.8 Å². The Bertz CT molecular complexity index is 840. The van der Waals surface area contributed by atoms with Gasteiger partial charge in [-0.3, -0.25) is 0 Å². The van der Waals surface area contributed by atoms with E-state index in [9.17, 15) is 15.0 Å². The van der Waals surface area contributed by atoms with Crippen LogP contribution in [0, 0.1) is 0 Å². The minimum Gasteiger partial charge on any atom is -0.508 e. The van der Waals surface area contributed by atoms with Crippen molar-refractivity contribution in [3.8, 4) is 5.75 Å². The van der Waals surface area contributed by atoms with Crippen molar-refractivity contribution in [3.05, 3.63) is 101 Å². The standard InChI is InChI=1S/C21H18O3/c22-20-12-11-17(21(23)24)18(13-15-7-3-1-4-8-15)19(20)14-16-9-5-2-6-10-16/h1-12,22H,13-14H2,(H,23,24). The van der Waals surface area contributed by atoms with Crippen molar-refractivity contribution in [1.29, 1.82) is 0 Å². The summed E-state index contributed by atoms with van der Waals surface area (Å²) in [7, 11) is 0. The van der Waals surface area contributed by atoms with Crippen LogP contribution >= 0.6 is 0 Å². The number of phenolic OH excluding ortho intramolecular Hbond substituents is 1. The molecule has 0 spiro atoms. The van der Waals surface area contributed by atoms with E-state index in [-0.39, 0.29) is 11.3 Å². The number of carbonyl (C=O) groups is 1. The van der Waals surface area contributed by atoms with Crippen LogP contribution in [-0.2, 0) is 12.8 Å². The largest absolute Gasteiger partial charge is 0.508 e. The van der Waals surface area contributed by atoms with Gasteiger partial charge in [-0.25, -0.2) is 4.79 Å². The second-order valence-electron chi connectivity index (χ2n) is 5.72. The number of carboxylic acid groups (broad SMARTS) is 1. The van der Waals surface area contributed by atoms with Crippen molar-refractivity contribution >= 4 is 5.97 Å². The number of rotatable bonds is 5. The number of benzene rings is 3. The minimum absolute atomic E-state index is 0.134. The number of aromatic hydroxyl groups is 1. The van der Waals surface area contributed by atoms with Gasteiger partial charge in [-0.1, -0.05) is 60.7 Å². The number of aromatic carboxylic acids is 1. The van der Waals surface area contributed by atoms with E-state index in [1.165, 1.54) is 12.1 Å². The topological polar surface area (TPSA) is 57.5 Å². The predicted molar refractivity (Wildman–Crippen MR) is 93.6 cm³/mol. The molecule has 0 unspecified atom stereocenters. The summed E-state index contributed by atoms with van der Waals surface area (Å²) >= 11 is 0. The fraction of sp³-hybridized carbons (Fsp3) is 0.0952. The predicted octanol–water partition coefficient (Wildman–Crippen LogP) is 4.27. The Balaban J connectivity index is 2.08. The molecule has 0 amide bonds. The molecule has 24 heavy (non-hydrogen) atoms. The molecule has 0 heterocycles. The molecule has 3 nitrogen and oxygen atoms in total. The molecule has 0 atom stereocenters. The highest BCUT2D eigenvalue weighted by molar-refractivity contribution is 5.90. The van der Waals surface area contributed by atoms with Crippen LogP contribution < -0.4 is 0 Å². The van der Waals surface area contributed by atoms with Gasteiger partial charge in [0.15, 0.2) is 0 Å². The molecule has 3 heteroatoms.